The zero-order valence-electron chi connectivity index (χ0n) is 10.6. The lowest BCUT2D eigenvalue weighted by Crippen LogP contribution is -2.12. The molecule has 0 saturated heterocycles. The Morgan fingerprint density at radius 2 is 2.25 bits per heavy atom. The molecule has 1 aliphatic heterocycles. The van der Waals surface area contributed by atoms with Crippen molar-refractivity contribution >= 4 is 5.69 Å². The third-order valence-electron chi connectivity index (χ3n) is 3.47. The third-order valence-corrected chi connectivity index (χ3v) is 3.47. The predicted molar refractivity (Wildman–Crippen MR) is 71.0 cm³/mol. The van der Waals surface area contributed by atoms with E-state index in [0.717, 1.165) is 12.5 Å². The van der Waals surface area contributed by atoms with Gasteiger partial charge in [-0.25, -0.2) is 0 Å². The highest BCUT2D eigenvalue weighted by Gasteiger charge is 2.10. The molecule has 88 valence electrons. The molecule has 1 N–H and O–H groups in total. The van der Waals surface area contributed by atoms with E-state index in [0.29, 0.717) is 0 Å². The molecule has 0 spiro atoms. The Bertz CT molecular complexity index is 343. The fraction of sp³-hybridized carbons (Fsp3) is 0.600. The van der Waals surface area contributed by atoms with Crippen molar-refractivity contribution in [2.24, 2.45) is 5.92 Å². The average Bonchev–Trinajstić information content (AvgIpc) is 2.29. The van der Waals surface area contributed by atoms with Crippen molar-refractivity contribution in [1.29, 1.82) is 0 Å². The summed E-state index contributed by atoms with van der Waals surface area (Å²) in [6.45, 7) is 5.77. The van der Waals surface area contributed by atoms with Gasteiger partial charge in [0, 0.05) is 12.2 Å². The molecule has 0 aromatic heterocycles. The smallest absolute Gasteiger partial charge is 0.0372 e. The van der Waals surface area contributed by atoms with Crippen molar-refractivity contribution in [2.75, 3.05) is 11.9 Å². The highest BCUT2D eigenvalue weighted by molar-refractivity contribution is 5.54. The van der Waals surface area contributed by atoms with Gasteiger partial charge in [-0.3, -0.25) is 0 Å². The van der Waals surface area contributed by atoms with E-state index >= 15 is 0 Å². The summed E-state index contributed by atoms with van der Waals surface area (Å²) >= 11 is 0. The second-order valence-electron chi connectivity index (χ2n) is 5.12. The minimum Gasteiger partial charge on any atom is -0.385 e. The average molecular weight is 217 g/mol. The van der Waals surface area contributed by atoms with Gasteiger partial charge in [-0.2, -0.15) is 0 Å². The fourth-order valence-electron chi connectivity index (χ4n) is 2.65. The van der Waals surface area contributed by atoms with Gasteiger partial charge >= 0.3 is 0 Å². The molecule has 0 fully saturated rings. The van der Waals surface area contributed by atoms with Crippen LogP contribution in [-0.4, -0.2) is 6.54 Å². The van der Waals surface area contributed by atoms with Crippen LogP contribution < -0.4 is 5.32 Å². The molecule has 0 radical (unpaired) electrons. The zero-order chi connectivity index (χ0) is 11.4. The molecule has 1 atom stereocenters. The van der Waals surface area contributed by atoms with Crippen LogP contribution in [0.1, 0.15) is 44.2 Å². The van der Waals surface area contributed by atoms with Crippen molar-refractivity contribution in [2.45, 2.75) is 46.0 Å². The molecule has 0 saturated carbocycles. The van der Waals surface area contributed by atoms with Crippen LogP contribution in [0, 0.1) is 5.92 Å². The highest BCUT2D eigenvalue weighted by atomic mass is 14.9. The molecular formula is C15H23N. The third kappa shape index (κ3) is 2.78. The van der Waals surface area contributed by atoms with Crippen LogP contribution in [0.15, 0.2) is 18.2 Å². The van der Waals surface area contributed by atoms with E-state index in [4.69, 9.17) is 0 Å². The Hall–Kier alpha value is -0.980. The molecule has 1 aromatic carbocycles. The summed E-state index contributed by atoms with van der Waals surface area (Å²) in [4.78, 5) is 0. The molecule has 1 aromatic rings. The SMILES string of the molecule is CCCC(C)Cc1ccc2c(c1)CCCN2. The molecule has 0 aliphatic carbocycles. The standard InChI is InChI=1S/C15H23N/c1-3-5-12(2)10-13-7-8-15-14(11-13)6-4-9-16-15/h7-8,11-12,16H,3-6,9-10H2,1-2H3. The molecular weight excluding hydrogens is 194 g/mol. The van der Waals surface area contributed by atoms with Crippen molar-refractivity contribution < 1.29 is 0 Å². The van der Waals surface area contributed by atoms with Crippen molar-refractivity contribution in [3.05, 3.63) is 29.3 Å². The second kappa shape index (κ2) is 5.38. The number of rotatable bonds is 4. The van der Waals surface area contributed by atoms with Gasteiger partial charge in [0.15, 0.2) is 0 Å². The quantitative estimate of drug-likeness (QED) is 0.803. The van der Waals surface area contributed by atoms with Crippen LogP contribution in [0.4, 0.5) is 5.69 Å². The Morgan fingerprint density at radius 1 is 1.38 bits per heavy atom. The van der Waals surface area contributed by atoms with Gasteiger partial charge < -0.3 is 5.32 Å². The Balaban J connectivity index is 2.05. The van der Waals surface area contributed by atoms with E-state index in [2.05, 4.69) is 37.4 Å². The topological polar surface area (TPSA) is 12.0 Å². The molecule has 1 heteroatoms. The summed E-state index contributed by atoms with van der Waals surface area (Å²) in [5.41, 5.74) is 4.40. The van der Waals surface area contributed by atoms with Gasteiger partial charge in [-0.15, -0.1) is 0 Å². The van der Waals surface area contributed by atoms with Crippen LogP contribution in [0.25, 0.3) is 0 Å². The molecule has 2 rings (SSSR count). The first-order valence-electron chi connectivity index (χ1n) is 6.65. The minimum atomic E-state index is 0.819. The van der Waals surface area contributed by atoms with Gasteiger partial charge in [0.1, 0.15) is 0 Å². The summed E-state index contributed by atoms with van der Waals surface area (Å²) in [6, 6.07) is 6.97. The number of fused-ring (bicyclic) bond motifs is 1. The zero-order valence-corrected chi connectivity index (χ0v) is 10.6. The molecule has 0 amide bonds. The Kier molecular flexibility index (Phi) is 3.87. The summed E-state index contributed by atoms with van der Waals surface area (Å²) in [5, 5.41) is 3.47. The molecule has 0 bridgehead atoms. The van der Waals surface area contributed by atoms with Crippen molar-refractivity contribution in [3.63, 3.8) is 0 Å². The van der Waals surface area contributed by atoms with Gasteiger partial charge in [0.05, 0.1) is 0 Å². The van der Waals surface area contributed by atoms with Crippen LogP contribution in [0.3, 0.4) is 0 Å². The number of hydrogen-bond acceptors (Lipinski definition) is 1. The molecule has 1 nitrogen and oxygen atoms in total. The summed E-state index contributed by atoms with van der Waals surface area (Å²) in [5.74, 6) is 0.819. The number of hydrogen-bond donors (Lipinski definition) is 1. The van der Waals surface area contributed by atoms with Gasteiger partial charge in [-0.05, 0) is 42.4 Å². The first-order chi connectivity index (χ1) is 7.79. The van der Waals surface area contributed by atoms with E-state index in [1.54, 1.807) is 0 Å². The summed E-state index contributed by atoms with van der Waals surface area (Å²) < 4.78 is 0. The fourth-order valence-corrected chi connectivity index (χ4v) is 2.65. The van der Waals surface area contributed by atoms with E-state index in [-0.39, 0.29) is 0 Å². The molecule has 1 unspecified atom stereocenters. The summed E-state index contributed by atoms with van der Waals surface area (Å²) in [7, 11) is 0. The van der Waals surface area contributed by atoms with Crippen LogP contribution in [-0.2, 0) is 12.8 Å². The van der Waals surface area contributed by atoms with E-state index in [1.807, 2.05) is 0 Å². The number of nitrogens with one attached hydrogen (secondary N) is 1. The highest BCUT2D eigenvalue weighted by Crippen LogP contribution is 2.24. The van der Waals surface area contributed by atoms with Crippen LogP contribution in [0.5, 0.6) is 0 Å². The minimum absolute atomic E-state index is 0.819. The lowest BCUT2D eigenvalue weighted by atomic mass is 9.93. The molecule has 1 aliphatic rings. The van der Waals surface area contributed by atoms with Gasteiger partial charge in [0.25, 0.3) is 0 Å². The summed E-state index contributed by atoms with van der Waals surface area (Å²) in [6.07, 6.45) is 6.41. The first kappa shape index (κ1) is 11.5. The number of aryl methyl sites for hydroxylation is 1. The van der Waals surface area contributed by atoms with Gasteiger partial charge in [-0.1, -0.05) is 38.8 Å². The van der Waals surface area contributed by atoms with Crippen LogP contribution >= 0.6 is 0 Å². The number of benzene rings is 1. The molecule has 1 heterocycles. The van der Waals surface area contributed by atoms with Crippen molar-refractivity contribution in [1.82, 2.24) is 0 Å². The largest absolute Gasteiger partial charge is 0.385 e. The molecule has 16 heavy (non-hydrogen) atoms. The van der Waals surface area contributed by atoms with Crippen molar-refractivity contribution in [3.8, 4) is 0 Å². The van der Waals surface area contributed by atoms with E-state index < -0.39 is 0 Å². The Morgan fingerprint density at radius 3 is 3.06 bits per heavy atom. The van der Waals surface area contributed by atoms with Crippen LogP contribution in [0.2, 0.25) is 0 Å². The maximum Gasteiger partial charge on any atom is 0.0372 e. The lowest BCUT2D eigenvalue weighted by Gasteiger charge is -2.19. The van der Waals surface area contributed by atoms with Gasteiger partial charge in [0.2, 0.25) is 0 Å². The van der Waals surface area contributed by atoms with E-state index in [1.165, 1.54) is 48.9 Å². The maximum atomic E-state index is 3.47. The maximum absolute atomic E-state index is 3.47. The predicted octanol–water partition coefficient (Wildman–Crippen LogP) is 4.02. The monoisotopic (exact) mass is 217 g/mol. The first-order valence-corrected chi connectivity index (χ1v) is 6.65. The Labute approximate surface area is 99.3 Å². The normalized spacial score (nSPS) is 16.4. The van der Waals surface area contributed by atoms with E-state index in [9.17, 15) is 0 Å². The second-order valence-corrected chi connectivity index (χ2v) is 5.12. The number of anilines is 1. The lowest BCUT2D eigenvalue weighted by molar-refractivity contribution is 0.522.